The topological polar surface area (TPSA) is 63.6 Å². The number of hydrogen-bond donors (Lipinski definition) is 1. The molecule has 1 N–H and O–H groups in total. The minimum absolute atomic E-state index is 0.0113. The Morgan fingerprint density at radius 2 is 1.32 bits per heavy atom. The van der Waals surface area contributed by atoms with Crippen LogP contribution < -0.4 is 0 Å². The number of benzene rings is 3. The van der Waals surface area contributed by atoms with Crippen LogP contribution in [-0.4, -0.2) is 22.5 Å². The van der Waals surface area contributed by atoms with Crippen molar-refractivity contribution in [1.82, 2.24) is 0 Å². The van der Waals surface area contributed by atoms with E-state index >= 15 is 0 Å². The molecule has 1 heterocycles. The van der Waals surface area contributed by atoms with Gasteiger partial charge in [-0.15, -0.1) is 0 Å². The van der Waals surface area contributed by atoms with E-state index in [2.05, 4.69) is 0 Å². The highest BCUT2D eigenvalue weighted by atomic mass is 16.6. The number of aliphatic hydroxyl groups excluding tert-OH is 1. The van der Waals surface area contributed by atoms with Crippen molar-refractivity contribution in [1.29, 1.82) is 0 Å². The highest BCUT2D eigenvalue weighted by Crippen LogP contribution is 2.41. The quantitative estimate of drug-likeness (QED) is 0.384. The maximum atomic E-state index is 13.6. The normalized spacial score (nSPS) is 18.3. The van der Waals surface area contributed by atoms with Gasteiger partial charge in [0, 0.05) is 5.92 Å². The molecule has 0 aromatic heterocycles. The lowest BCUT2D eigenvalue weighted by atomic mass is 9.78. The van der Waals surface area contributed by atoms with Gasteiger partial charge < -0.3 is 9.84 Å². The predicted octanol–water partition coefficient (Wildman–Crippen LogP) is 6.32. The average molecular weight is 455 g/mol. The Morgan fingerprint density at radius 1 is 0.794 bits per heavy atom. The Hall–Kier alpha value is -3.66. The predicted molar refractivity (Wildman–Crippen MR) is 132 cm³/mol. The molecular formula is C30H30O4. The summed E-state index contributed by atoms with van der Waals surface area (Å²) in [5.74, 6) is -2.18. The molecule has 1 aliphatic heterocycles. The molecule has 0 amide bonds. The zero-order chi connectivity index (χ0) is 24.0. The Bertz CT molecular complexity index is 1110. The summed E-state index contributed by atoms with van der Waals surface area (Å²) in [6, 6.07) is 28.9. The zero-order valence-corrected chi connectivity index (χ0v) is 19.4. The van der Waals surface area contributed by atoms with Crippen molar-refractivity contribution >= 4 is 11.8 Å². The first kappa shape index (κ1) is 23.5. The van der Waals surface area contributed by atoms with Crippen LogP contribution in [0.15, 0.2) is 102 Å². The number of hydrogen-bond acceptors (Lipinski definition) is 4. The van der Waals surface area contributed by atoms with Crippen LogP contribution >= 0.6 is 0 Å². The number of cyclic esters (lactones) is 1. The molecule has 0 saturated heterocycles. The fraction of sp³-hybridized carbons (Fsp3) is 0.267. The molecule has 34 heavy (non-hydrogen) atoms. The summed E-state index contributed by atoms with van der Waals surface area (Å²) in [4.78, 5) is 27.1. The lowest BCUT2D eigenvalue weighted by molar-refractivity contribution is -0.169. The molecule has 1 atom stereocenters. The van der Waals surface area contributed by atoms with Crippen molar-refractivity contribution in [3.8, 4) is 0 Å². The highest BCUT2D eigenvalue weighted by Gasteiger charge is 2.50. The average Bonchev–Trinajstić information content (AvgIpc) is 2.87. The fourth-order valence-electron chi connectivity index (χ4n) is 4.87. The second kappa shape index (κ2) is 10.5. The summed E-state index contributed by atoms with van der Waals surface area (Å²) in [6.45, 7) is 1.95. The molecule has 0 spiro atoms. The molecule has 0 saturated carbocycles. The molecular weight excluding hydrogens is 424 g/mol. The van der Waals surface area contributed by atoms with E-state index in [-0.39, 0.29) is 5.57 Å². The number of carbonyl (C=O) groups is 2. The largest absolute Gasteiger partial charge is 0.504 e. The van der Waals surface area contributed by atoms with Gasteiger partial charge in [-0.25, -0.2) is 4.79 Å². The molecule has 3 aromatic rings. The summed E-state index contributed by atoms with van der Waals surface area (Å²) in [5.41, 5.74) is 1.47. The van der Waals surface area contributed by atoms with E-state index in [0.717, 1.165) is 23.1 Å². The van der Waals surface area contributed by atoms with Crippen molar-refractivity contribution < 1.29 is 19.4 Å². The van der Waals surface area contributed by atoms with Crippen molar-refractivity contribution in [2.45, 2.75) is 50.5 Å². The third-order valence-corrected chi connectivity index (χ3v) is 6.49. The number of aryl methyl sites for hydroxylation is 1. The van der Waals surface area contributed by atoms with Crippen LogP contribution in [0, 0.1) is 0 Å². The number of Topliss-reactive ketones (excluding diaryl/α,β-unsaturated/α-hetero) is 1. The fourth-order valence-corrected chi connectivity index (χ4v) is 4.87. The van der Waals surface area contributed by atoms with Crippen molar-refractivity contribution in [2.24, 2.45) is 0 Å². The standard InChI is InChI=1S/C30H30O4/c1-2-20-30(21-12-15-22-13-6-3-7-14-22)28(32)27(31)26(29(33)34-30)25(23-16-8-4-9-17-23)24-18-10-5-11-19-24/h3-11,13-14,16-19,25,31H,2,12,15,20-21H2,1H3. The molecule has 1 unspecified atom stereocenters. The number of esters is 1. The van der Waals surface area contributed by atoms with Gasteiger partial charge in [-0.3, -0.25) is 4.79 Å². The van der Waals surface area contributed by atoms with Gasteiger partial charge in [0.15, 0.2) is 11.4 Å². The van der Waals surface area contributed by atoms with Gasteiger partial charge in [-0.05, 0) is 42.4 Å². The molecule has 0 bridgehead atoms. The molecule has 4 rings (SSSR count). The molecule has 1 aliphatic rings. The summed E-state index contributed by atoms with van der Waals surface area (Å²) in [6.07, 6.45) is 2.86. The lowest BCUT2D eigenvalue weighted by Gasteiger charge is -2.37. The van der Waals surface area contributed by atoms with Crippen LogP contribution in [0.3, 0.4) is 0 Å². The first-order valence-electron chi connectivity index (χ1n) is 11.9. The van der Waals surface area contributed by atoms with Crippen molar-refractivity contribution in [2.75, 3.05) is 0 Å². The molecule has 174 valence electrons. The lowest BCUT2D eigenvalue weighted by Crippen LogP contribution is -2.49. The minimum atomic E-state index is -1.33. The van der Waals surface area contributed by atoms with Crippen molar-refractivity contribution in [3.05, 3.63) is 119 Å². The van der Waals surface area contributed by atoms with E-state index in [1.165, 1.54) is 0 Å². The minimum Gasteiger partial charge on any atom is -0.504 e. The maximum Gasteiger partial charge on any atom is 0.339 e. The molecule has 0 fully saturated rings. The summed E-state index contributed by atoms with van der Waals surface area (Å²) in [5, 5.41) is 11.2. The van der Waals surface area contributed by atoms with Crippen LogP contribution in [0.5, 0.6) is 0 Å². The second-order valence-electron chi connectivity index (χ2n) is 8.82. The number of rotatable bonds is 9. The molecule has 4 nitrogen and oxygen atoms in total. The maximum absolute atomic E-state index is 13.6. The van der Waals surface area contributed by atoms with Gasteiger partial charge in [0.25, 0.3) is 0 Å². The molecule has 0 radical (unpaired) electrons. The van der Waals surface area contributed by atoms with E-state index in [0.29, 0.717) is 25.7 Å². The van der Waals surface area contributed by atoms with Gasteiger partial charge >= 0.3 is 5.97 Å². The van der Waals surface area contributed by atoms with E-state index in [1.54, 1.807) is 0 Å². The van der Waals surface area contributed by atoms with Crippen molar-refractivity contribution in [3.63, 3.8) is 0 Å². The van der Waals surface area contributed by atoms with Crippen LogP contribution in [0.1, 0.15) is 55.2 Å². The SMILES string of the molecule is CCCC1(CCCc2ccccc2)OC(=O)C(C(c2ccccc2)c2ccccc2)=C(O)C1=O. The first-order chi connectivity index (χ1) is 16.6. The number of ketones is 1. The Balaban J connectivity index is 1.69. The van der Waals surface area contributed by atoms with Crippen LogP contribution in [-0.2, 0) is 20.7 Å². The third-order valence-electron chi connectivity index (χ3n) is 6.49. The molecule has 0 aliphatic carbocycles. The first-order valence-corrected chi connectivity index (χ1v) is 11.9. The smallest absolute Gasteiger partial charge is 0.339 e. The summed E-state index contributed by atoms with van der Waals surface area (Å²) < 4.78 is 5.97. The van der Waals surface area contributed by atoms with E-state index in [4.69, 9.17) is 4.74 Å². The Labute approximate surface area is 200 Å². The van der Waals surface area contributed by atoms with Gasteiger partial charge in [-0.1, -0.05) is 104 Å². The molecule has 4 heteroatoms. The second-order valence-corrected chi connectivity index (χ2v) is 8.82. The van der Waals surface area contributed by atoms with E-state index in [1.807, 2.05) is 97.9 Å². The Morgan fingerprint density at radius 3 is 1.85 bits per heavy atom. The molecule has 3 aromatic carbocycles. The van der Waals surface area contributed by atoms with Gasteiger partial charge in [0.1, 0.15) is 0 Å². The van der Waals surface area contributed by atoms with E-state index < -0.39 is 29.0 Å². The zero-order valence-electron chi connectivity index (χ0n) is 19.4. The number of ether oxygens (including phenoxy) is 1. The van der Waals surface area contributed by atoms with E-state index in [9.17, 15) is 14.7 Å². The highest BCUT2D eigenvalue weighted by molar-refractivity contribution is 6.11. The number of carbonyl (C=O) groups excluding carboxylic acids is 2. The van der Waals surface area contributed by atoms with Gasteiger partial charge in [-0.2, -0.15) is 0 Å². The number of aliphatic hydroxyl groups is 1. The van der Waals surface area contributed by atoms with Crippen LogP contribution in [0.25, 0.3) is 0 Å². The summed E-state index contributed by atoms with van der Waals surface area (Å²) in [7, 11) is 0. The monoisotopic (exact) mass is 454 g/mol. The third kappa shape index (κ3) is 4.81. The van der Waals surface area contributed by atoms with Gasteiger partial charge in [0.2, 0.25) is 5.78 Å². The Kier molecular flexibility index (Phi) is 7.27. The van der Waals surface area contributed by atoms with Crippen LogP contribution in [0.4, 0.5) is 0 Å². The van der Waals surface area contributed by atoms with Crippen LogP contribution in [0.2, 0.25) is 0 Å². The summed E-state index contributed by atoms with van der Waals surface area (Å²) >= 11 is 0. The van der Waals surface area contributed by atoms with Gasteiger partial charge in [0.05, 0.1) is 5.57 Å².